The zero-order valence-electron chi connectivity index (χ0n) is 10.9. The van der Waals surface area contributed by atoms with Gasteiger partial charge in [0, 0.05) is 4.88 Å². The Hall–Kier alpha value is -1.77. The molecule has 3 N–H and O–H groups in total. The minimum absolute atomic E-state index is 0.0425. The van der Waals surface area contributed by atoms with Crippen LogP contribution in [0.4, 0.5) is 4.39 Å². The third kappa shape index (κ3) is 4.35. The standard InChI is InChI=1S/C13H13FN2O3S2/c14-11-4-2-1-3-9(11)7-12(17)16-8-10-5-6-13(20-10)21(15,18)19/h1-6H,7-8H2,(H,16,17)(H2,15,18,19). The summed E-state index contributed by atoms with van der Waals surface area (Å²) in [5, 5.41) is 7.61. The lowest BCUT2D eigenvalue weighted by atomic mass is 10.1. The number of hydrogen-bond acceptors (Lipinski definition) is 4. The number of nitrogens with one attached hydrogen (secondary N) is 1. The van der Waals surface area contributed by atoms with Gasteiger partial charge in [-0.15, -0.1) is 11.3 Å². The third-order valence-electron chi connectivity index (χ3n) is 2.69. The van der Waals surface area contributed by atoms with Crippen LogP contribution in [0.5, 0.6) is 0 Å². The molecule has 1 amide bonds. The van der Waals surface area contributed by atoms with Gasteiger partial charge >= 0.3 is 0 Å². The molecule has 2 aromatic rings. The van der Waals surface area contributed by atoms with Crippen molar-refractivity contribution in [1.82, 2.24) is 5.32 Å². The monoisotopic (exact) mass is 328 g/mol. The third-order valence-corrected chi connectivity index (χ3v) is 5.21. The lowest BCUT2D eigenvalue weighted by molar-refractivity contribution is -0.120. The number of halogens is 1. The smallest absolute Gasteiger partial charge is 0.247 e. The predicted octanol–water partition coefficient (Wildman–Crippen LogP) is 1.39. The lowest BCUT2D eigenvalue weighted by Crippen LogP contribution is -2.24. The first kappa shape index (κ1) is 15.6. The molecule has 0 bridgehead atoms. The summed E-state index contributed by atoms with van der Waals surface area (Å²) in [4.78, 5) is 12.4. The Kier molecular flexibility index (Phi) is 4.71. The van der Waals surface area contributed by atoms with E-state index in [1.807, 2.05) is 0 Å². The number of amides is 1. The highest BCUT2D eigenvalue weighted by Crippen LogP contribution is 2.20. The largest absolute Gasteiger partial charge is 0.351 e. The van der Waals surface area contributed by atoms with Gasteiger partial charge in [-0.1, -0.05) is 18.2 Å². The molecule has 0 aliphatic rings. The molecule has 0 spiro atoms. The Morgan fingerprint density at radius 2 is 1.95 bits per heavy atom. The summed E-state index contributed by atoms with van der Waals surface area (Å²) in [6.07, 6.45) is -0.0694. The Morgan fingerprint density at radius 3 is 2.57 bits per heavy atom. The van der Waals surface area contributed by atoms with Crippen LogP contribution in [0.3, 0.4) is 0 Å². The summed E-state index contributed by atoms with van der Waals surface area (Å²) in [5.41, 5.74) is 0.311. The van der Waals surface area contributed by atoms with E-state index in [1.54, 1.807) is 24.3 Å². The second-order valence-corrected chi connectivity index (χ2v) is 7.27. The van der Waals surface area contributed by atoms with Crippen molar-refractivity contribution in [1.29, 1.82) is 0 Å². The van der Waals surface area contributed by atoms with Crippen LogP contribution in [0.1, 0.15) is 10.4 Å². The minimum atomic E-state index is -3.72. The van der Waals surface area contributed by atoms with Crippen LogP contribution in [0.2, 0.25) is 0 Å². The van der Waals surface area contributed by atoms with Gasteiger partial charge in [0.15, 0.2) is 0 Å². The van der Waals surface area contributed by atoms with Crippen molar-refractivity contribution in [2.75, 3.05) is 0 Å². The van der Waals surface area contributed by atoms with Gasteiger partial charge in [0.2, 0.25) is 15.9 Å². The molecule has 0 aliphatic heterocycles. The molecule has 2 rings (SSSR count). The first-order valence-electron chi connectivity index (χ1n) is 5.98. The highest BCUT2D eigenvalue weighted by atomic mass is 32.2. The normalized spacial score (nSPS) is 11.3. The molecular formula is C13H13FN2O3S2. The quantitative estimate of drug-likeness (QED) is 0.869. The molecule has 1 aromatic heterocycles. The highest BCUT2D eigenvalue weighted by Gasteiger charge is 2.12. The van der Waals surface area contributed by atoms with Crippen molar-refractivity contribution < 1.29 is 17.6 Å². The van der Waals surface area contributed by atoms with Crippen LogP contribution in [-0.4, -0.2) is 14.3 Å². The zero-order valence-corrected chi connectivity index (χ0v) is 12.5. The highest BCUT2D eigenvalue weighted by molar-refractivity contribution is 7.91. The summed E-state index contributed by atoms with van der Waals surface area (Å²) in [6.45, 7) is 0.174. The van der Waals surface area contributed by atoms with Crippen LogP contribution in [0.25, 0.3) is 0 Å². The first-order chi connectivity index (χ1) is 9.86. The van der Waals surface area contributed by atoms with E-state index in [4.69, 9.17) is 5.14 Å². The van der Waals surface area contributed by atoms with E-state index in [0.29, 0.717) is 10.4 Å². The maximum atomic E-state index is 13.4. The summed E-state index contributed by atoms with van der Waals surface area (Å²) in [5.74, 6) is -0.772. The number of primary sulfonamides is 1. The van der Waals surface area contributed by atoms with Gasteiger partial charge < -0.3 is 5.32 Å². The molecule has 1 aromatic carbocycles. The number of carbonyl (C=O) groups excluding carboxylic acids is 1. The summed E-state index contributed by atoms with van der Waals surface area (Å²) >= 11 is 0.989. The van der Waals surface area contributed by atoms with Crippen molar-refractivity contribution in [2.24, 2.45) is 5.14 Å². The van der Waals surface area contributed by atoms with Gasteiger partial charge in [0.25, 0.3) is 0 Å². The average molecular weight is 328 g/mol. The molecule has 0 saturated heterocycles. The van der Waals surface area contributed by atoms with Crippen molar-refractivity contribution in [3.63, 3.8) is 0 Å². The minimum Gasteiger partial charge on any atom is -0.351 e. The van der Waals surface area contributed by atoms with Gasteiger partial charge in [-0.05, 0) is 23.8 Å². The number of hydrogen-bond donors (Lipinski definition) is 2. The van der Waals surface area contributed by atoms with Crippen molar-refractivity contribution in [3.05, 3.63) is 52.7 Å². The second-order valence-electron chi connectivity index (χ2n) is 4.31. The van der Waals surface area contributed by atoms with Crippen LogP contribution in [-0.2, 0) is 27.8 Å². The van der Waals surface area contributed by atoms with Crippen molar-refractivity contribution in [3.8, 4) is 0 Å². The molecule has 21 heavy (non-hydrogen) atoms. The molecule has 112 valence electrons. The SMILES string of the molecule is NS(=O)(=O)c1ccc(CNC(=O)Cc2ccccc2F)s1. The molecule has 0 radical (unpaired) electrons. The van der Waals surface area contributed by atoms with Crippen LogP contribution in [0.15, 0.2) is 40.6 Å². The fourth-order valence-corrected chi connectivity index (χ4v) is 3.39. The molecule has 0 aliphatic carbocycles. The van der Waals surface area contributed by atoms with E-state index in [0.717, 1.165) is 11.3 Å². The molecule has 8 heteroatoms. The zero-order chi connectivity index (χ0) is 15.5. The topological polar surface area (TPSA) is 89.3 Å². The number of sulfonamides is 1. The van der Waals surface area contributed by atoms with E-state index in [9.17, 15) is 17.6 Å². The van der Waals surface area contributed by atoms with E-state index < -0.39 is 15.8 Å². The number of carbonyl (C=O) groups is 1. The summed E-state index contributed by atoms with van der Waals surface area (Å²) in [7, 11) is -3.72. The predicted molar refractivity (Wildman–Crippen MR) is 77.6 cm³/mol. The van der Waals surface area contributed by atoms with Crippen LogP contribution < -0.4 is 10.5 Å². The lowest BCUT2D eigenvalue weighted by Gasteiger charge is -2.04. The van der Waals surface area contributed by atoms with Gasteiger partial charge in [0.1, 0.15) is 10.0 Å². The molecular weight excluding hydrogens is 315 g/mol. The fraction of sp³-hybridized carbons (Fsp3) is 0.154. The Bertz CT molecular complexity index is 756. The Balaban J connectivity index is 1.93. The van der Waals surface area contributed by atoms with Crippen LogP contribution >= 0.6 is 11.3 Å². The van der Waals surface area contributed by atoms with E-state index in [2.05, 4.69) is 5.32 Å². The van der Waals surface area contributed by atoms with Gasteiger partial charge in [0.05, 0.1) is 13.0 Å². The number of rotatable bonds is 5. The summed E-state index contributed by atoms with van der Waals surface area (Å²) < 4.78 is 35.7. The van der Waals surface area contributed by atoms with Crippen LogP contribution in [0, 0.1) is 5.82 Å². The Morgan fingerprint density at radius 1 is 1.24 bits per heavy atom. The molecule has 1 heterocycles. The maximum absolute atomic E-state index is 13.4. The first-order valence-corrected chi connectivity index (χ1v) is 8.34. The molecule has 0 fully saturated rings. The number of benzene rings is 1. The maximum Gasteiger partial charge on any atom is 0.247 e. The molecule has 0 atom stereocenters. The molecule has 0 saturated carbocycles. The molecule has 0 unspecified atom stereocenters. The number of thiophene rings is 1. The van der Waals surface area contributed by atoms with Gasteiger partial charge in [-0.25, -0.2) is 17.9 Å². The summed E-state index contributed by atoms with van der Waals surface area (Å²) in [6, 6.07) is 9.01. The fourth-order valence-electron chi connectivity index (χ4n) is 1.67. The van der Waals surface area contributed by atoms with Crippen molar-refractivity contribution >= 4 is 27.3 Å². The van der Waals surface area contributed by atoms with Gasteiger partial charge in [-0.3, -0.25) is 4.79 Å². The van der Waals surface area contributed by atoms with E-state index in [1.165, 1.54) is 12.1 Å². The average Bonchev–Trinajstić information content (AvgIpc) is 2.88. The number of nitrogens with two attached hydrogens (primary N) is 1. The molecule has 5 nitrogen and oxygen atoms in total. The van der Waals surface area contributed by atoms with Gasteiger partial charge in [-0.2, -0.15) is 0 Å². The van der Waals surface area contributed by atoms with E-state index >= 15 is 0 Å². The Labute approximate surface area is 125 Å². The van der Waals surface area contributed by atoms with E-state index in [-0.39, 0.29) is 23.1 Å². The van der Waals surface area contributed by atoms with Crippen molar-refractivity contribution in [2.45, 2.75) is 17.2 Å². The second kappa shape index (κ2) is 6.33.